The summed E-state index contributed by atoms with van der Waals surface area (Å²) in [5, 5.41) is 13.0. The molecule has 1 aliphatic rings. The Morgan fingerprint density at radius 3 is 2.72 bits per heavy atom. The fourth-order valence-corrected chi connectivity index (χ4v) is 4.77. The molecule has 0 aliphatic carbocycles. The first kappa shape index (κ1) is 18.2. The van der Waals surface area contributed by atoms with Crippen molar-refractivity contribution in [3.8, 4) is 17.0 Å². The van der Waals surface area contributed by atoms with E-state index in [0.29, 0.717) is 11.8 Å². The van der Waals surface area contributed by atoms with E-state index >= 15 is 0 Å². The van der Waals surface area contributed by atoms with Crippen LogP contribution in [0, 0.1) is 0 Å². The number of aromatic nitrogens is 4. The van der Waals surface area contributed by atoms with Crippen LogP contribution in [0.15, 0.2) is 30.6 Å². The van der Waals surface area contributed by atoms with Gasteiger partial charge < -0.3 is 15.0 Å². The molecule has 3 aromatic heterocycles. The highest BCUT2D eigenvalue weighted by Gasteiger charge is 2.24. The molecule has 4 aromatic rings. The molecule has 0 bridgehead atoms. The summed E-state index contributed by atoms with van der Waals surface area (Å²) in [6.07, 6.45) is 5.99. The lowest BCUT2D eigenvalue weighted by molar-refractivity contribution is 0.392. The normalized spacial score (nSPS) is 15.6. The van der Waals surface area contributed by atoms with Crippen LogP contribution < -0.4 is 10.1 Å². The number of rotatable bonds is 4. The predicted octanol–water partition coefficient (Wildman–Crippen LogP) is 4.71. The second-order valence-electron chi connectivity index (χ2n) is 8.22. The molecule has 5 rings (SSSR count). The molecule has 1 aliphatic heterocycles. The summed E-state index contributed by atoms with van der Waals surface area (Å²) in [5.74, 6) is 1.90. The van der Waals surface area contributed by atoms with Gasteiger partial charge in [-0.1, -0.05) is 13.8 Å². The molecule has 1 fully saturated rings. The van der Waals surface area contributed by atoms with Crippen LogP contribution in [0.5, 0.6) is 5.75 Å². The van der Waals surface area contributed by atoms with Gasteiger partial charge in [0, 0.05) is 34.1 Å². The summed E-state index contributed by atoms with van der Waals surface area (Å²) in [6.45, 7) is 6.65. The molecule has 6 heteroatoms. The first-order chi connectivity index (χ1) is 14.2. The van der Waals surface area contributed by atoms with Crippen molar-refractivity contribution in [2.75, 3.05) is 20.2 Å². The number of piperidine rings is 1. The van der Waals surface area contributed by atoms with Crippen LogP contribution in [0.25, 0.3) is 33.2 Å². The van der Waals surface area contributed by atoms with Crippen LogP contribution in [0.2, 0.25) is 0 Å². The Morgan fingerprint density at radius 1 is 1.14 bits per heavy atom. The molecule has 0 spiro atoms. The second-order valence-corrected chi connectivity index (χ2v) is 8.22. The molecular weight excluding hydrogens is 362 g/mol. The van der Waals surface area contributed by atoms with Gasteiger partial charge in [-0.25, -0.2) is 4.98 Å². The zero-order valence-electron chi connectivity index (χ0n) is 17.2. The van der Waals surface area contributed by atoms with Crippen molar-refractivity contribution in [3.05, 3.63) is 41.7 Å². The molecule has 0 atom stereocenters. The Morgan fingerprint density at radius 2 is 1.97 bits per heavy atom. The fraction of sp³-hybridized carbons (Fsp3) is 0.391. The molecule has 4 heterocycles. The highest BCUT2D eigenvalue weighted by atomic mass is 16.5. The monoisotopic (exact) mass is 389 g/mol. The second kappa shape index (κ2) is 7.19. The molecule has 0 amide bonds. The van der Waals surface area contributed by atoms with Gasteiger partial charge in [0.05, 0.1) is 19.0 Å². The lowest BCUT2D eigenvalue weighted by Gasteiger charge is -2.25. The van der Waals surface area contributed by atoms with Crippen molar-refractivity contribution < 1.29 is 4.74 Å². The Hall–Kier alpha value is -2.86. The minimum Gasteiger partial charge on any atom is -0.496 e. The van der Waals surface area contributed by atoms with Gasteiger partial charge in [0.15, 0.2) is 5.65 Å². The first-order valence-electron chi connectivity index (χ1n) is 10.4. The van der Waals surface area contributed by atoms with Crippen LogP contribution in [0.3, 0.4) is 0 Å². The quantitative estimate of drug-likeness (QED) is 0.472. The van der Waals surface area contributed by atoms with E-state index in [-0.39, 0.29) is 0 Å². The fourth-order valence-electron chi connectivity index (χ4n) is 4.77. The van der Waals surface area contributed by atoms with E-state index in [1.807, 2.05) is 12.4 Å². The van der Waals surface area contributed by atoms with Crippen molar-refractivity contribution in [1.82, 2.24) is 25.5 Å². The summed E-state index contributed by atoms with van der Waals surface area (Å²) in [7, 11) is 1.77. The van der Waals surface area contributed by atoms with E-state index in [1.54, 1.807) is 7.11 Å². The zero-order chi connectivity index (χ0) is 20.0. The first-order valence-corrected chi connectivity index (χ1v) is 10.4. The number of aromatic amines is 2. The number of hydrogen-bond donors (Lipinski definition) is 3. The molecule has 6 nitrogen and oxygen atoms in total. The Labute approximate surface area is 170 Å². The number of pyridine rings is 1. The van der Waals surface area contributed by atoms with E-state index in [4.69, 9.17) is 4.74 Å². The van der Waals surface area contributed by atoms with Gasteiger partial charge >= 0.3 is 0 Å². The van der Waals surface area contributed by atoms with E-state index in [0.717, 1.165) is 59.5 Å². The Balaban J connectivity index is 1.75. The molecule has 3 N–H and O–H groups in total. The highest BCUT2D eigenvalue weighted by Crippen LogP contribution is 2.42. The number of H-pyrrole nitrogens is 2. The Kier molecular flexibility index (Phi) is 4.51. The average Bonchev–Trinajstić information content (AvgIpc) is 3.37. The summed E-state index contributed by atoms with van der Waals surface area (Å²) < 4.78 is 5.81. The van der Waals surface area contributed by atoms with Gasteiger partial charge in [0.2, 0.25) is 0 Å². The van der Waals surface area contributed by atoms with Gasteiger partial charge in [-0.05, 0) is 61.0 Å². The summed E-state index contributed by atoms with van der Waals surface area (Å²) >= 11 is 0. The van der Waals surface area contributed by atoms with Gasteiger partial charge in [0.25, 0.3) is 0 Å². The SMILES string of the molecule is COc1cc2[nH]c(-c3ccnc4[nH]ncc34)c(C(C)C)c2cc1C1CCNCC1. The maximum Gasteiger partial charge on any atom is 0.155 e. The molecule has 150 valence electrons. The van der Waals surface area contributed by atoms with Crippen molar-refractivity contribution in [2.45, 2.75) is 38.5 Å². The smallest absolute Gasteiger partial charge is 0.155 e. The van der Waals surface area contributed by atoms with E-state index in [1.165, 1.54) is 16.5 Å². The zero-order valence-corrected chi connectivity index (χ0v) is 17.2. The lowest BCUT2D eigenvalue weighted by atomic mass is 9.87. The minimum atomic E-state index is 0.378. The highest BCUT2D eigenvalue weighted by molar-refractivity contribution is 5.99. The van der Waals surface area contributed by atoms with Crippen molar-refractivity contribution in [2.24, 2.45) is 0 Å². The minimum absolute atomic E-state index is 0.378. The summed E-state index contributed by atoms with van der Waals surface area (Å²) in [5.41, 5.74) is 6.87. The molecule has 0 unspecified atom stereocenters. The van der Waals surface area contributed by atoms with Gasteiger partial charge in [-0.2, -0.15) is 5.10 Å². The molecular formula is C23H27N5O. The number of nitrogens with one attached hydrogen (secondary N) is 3. The van der Waals surface area contributed by atoms with Crippen LogP contribution in [-0.4, -0.2) is 40.4 Å². The predicted molar refractivity (Wildman–Crippen MR) is 117 cm³/mol. The number of methoxy groups -OCH3 is 1. The standard InChI is InChI=1S/C23H27N5O/c1-13(2)21-17-10-16(14-4-7-24-8-5-14)20(29-3)11-19(17)27-22(21)15-6-9-25-23-18(15)12-26-28-23/h6,9-14,24,27H,4-5,7-8H2,1-3H3,(H,25,26,28). The van der Waals surface area contributed by atoms with Crippen molar-refractivity contribution in [1.29, 1.82) is 0 Å². The molecule has 1 saturated heterocycles. The summed E-state index contributed by atoms with van der Waals surface area (Å²) in [6, 6.07) is 6.61. The van der Waals surface area contributed by atoms with Gasteiger partial charge in [-0.3, -0.25) is 5.10 Å². The number of fused-ring (bicyclic) bond motifs is 2. The molecule has 1 aromatic carbocycles. The summed E-state index contributed by atoms with van der Waals surface area (Å²) in [4.78, 5) is 8.09. The largest absolute Gasteiger partial charge is 0.496 e. The van der Waals surface area contributed by atoms with E-state index in [9.17, 15) is 0 Å². The Bertz CT molecular complexity index is 1170. The number of ether oxygens (including phenoxy) is 1. The lowest BCUT2D eigenvalue weighted by Crippen LogP contribution is -2.26. The topological polar surface area (TPSA) is 78.6 Å². The van der Waals surface area contributed by atoms with Crippen LogP contribution in [-0.2, 0) is 0 Å². The third kappa shape index (κ3) is 2.99. The van der Waals surface area contributed by atoms with Crippen molar-refractivity contribution >= 4 is 21.9 Å². The number of nitrogens with zero attached hydrogens (tertiary/aromatic N) is 2. The molecule has 0 saturated carbocycles. The van der Waals surface area contributed by atoms with Gasteiger partial charge in [0.1, 0.15) is 5.75 Å². The van der Waals surface area contributed by atoms with Crippen LogP contribution >= 0.6 is 0 Å². The molecule has 29 heavy (non-hydrogen) atoms. The molecule has 0 radical (unpaired) electrons. The number of benzene rings is 1. The maximum absolute atomic E-state index is 5.81. The van der Waals surface area contributed by atoms with E-state index < -0.39 is 0 Å². The third-order valence-electron chi connectivity index (χ3n) is 6.17. The third-order valence-corrected chi connectivity index (χ3v) is 6.17. The van der Waals surface area contributed by atoms with Crippen LogP contribution in [0.4, 0.5) is 0 Å². The average molecular weight is 390 g/mol. The van der Waals surface area contributed by atoms with Crippen LogP contribution in [0.1, 0.15) is 49.7 Å². The number of hydrogen-bond acceptors (Lipinski definition) is 4. The maximum atomic E-state index is 5.81. The van der Waals surface area contributed by atoms with E-state index in [2.05, 4.69) is 57.5 Å². The van der Waals surface area contributed by atoms with Crippen molar-refractivity contribution in [3.63, 3.8) is 0 Å². The van der Waals surface area contributed by atoms with Gasteiger partial charge in [-0.15, -0.1) is 0 Å².